The van der Waals surface area contributed by atoms with Gasteiger partial charge in [-0.1, -0.05) is 31.2 Å². The maximum absolute atomic E-state index is 12.2. The van der Waals surface area contributed by atoms with Gasteiger partial charge < -0.3 is 15.3 Å². The molecule has 0 bridgehead atoms. The maximum atomic E-state index is 12.2. The van der Waals surface area contributed by atoms with Crippen LogP contribution in [0.4, 0.5) is 4.79 Å². The van der Waals surface area contributed by atoms with Crippen LogP contribution >= 0.6 is 0 Å². The number of benzene rings is 1. The molecule has 1 aliphatic carbocycles. The highest BCUT2D eigenvalue weighted by Gasteiger charge is 2.35. The van der Waals surface area contributed by atoms with Crippen LogP contribution in [0.15, 0.2) is 24.3 Å². The Labute approximate surface area is 130 Å². The predicted octanol–water partition coefficient (Wildman–Crippen LogP) is 1.91. The number of amides is 2. The highest BCUT2D eigenvalue weighted by Crippen LogP contribution is 2.36. The molecule has 2 amide bonds. The Morgan fingerprint density at radius 2 is 1.95 bits per heavy atom. The van der Waals surface area contributed by atoms with Gasteiger partial charge in [-0.2, -0.15) is 0 Å². The number of rotatable bonds is 3. The Hall–Kier alpha value is -2.04. The van der Waals surface area contributed by atoms with Crippen LogP contribution in [0.2, 0.25) is 0 Å². The number of aliphatic carboxylic acids is 1. The quantitative estimate of drug-likeness (QED) is 0.896. The van der Waals surface area contributed by atoms with E-state index in [-0.39, 0.29) is 11.4 Å². The van der Waals surface area contributed by atoms with Gasteiger partial charge in [-0.3, -0.25) is 4.79 Å². The van der Waals surface area contributed by atoms with Crippen molar-refractivity contribution in [3.8, 4) is 0 Å². The second-order valence-corrected chi connectivity index (χ2v) is 6.86. The van der Waals surface area contributed by atoms with Crippen LogP contribution in [0.25, 0.3) is 0 Å². The number of likely N-dealkylation sites (tertiary alicyclic amines) is 1. The van der Waals surface area contributed by atoms with Crippen LogP contribution in [0.5, 0.6) is 0 Å². The van der Waals surface area contributed by atoms with Gasteiger partial charge in [0.1, 0.15) is 0 Å². The topological polar surface area (TPSA) is 69.6 Å². The zero-order chi connectivity index (χ0) is 15.7. The van der Waals surface area contributed by atoms with Crippen molar-refractivity contribution in [1.82, 2.24) is 10.2 Å². The molecule has 0 aromatic heterocycles. The van der Waals surface area contributed by atoms with E-state index in [4.69, 9.17) is 5.11 Å². The van der Waals surface area contributed by atoms with Crippen molar-refractivity contribution in [2.45, 2.75) is 26.2 Å². The molecule has 1 heterocycles. The number of carboxylic acids is 1. The van der Waals surface area contributed by atoms with Crippen LogP contribution in [0, 0.1) is 11.3 Å². The van der Waals surface area contributed by atoms with Crippen LogP contribution < -0.4 is 5.32 Å². The Morgan fingerprint density at radius 3 is 2.50 bits per heavy atom. The average Bonchev–Trinajstić information content (AvgIpc) is 3.08. The third kappa shape index (κ3) is 2.93. The molecule has 1 atom stereocenters. The monoisotopic (exact) mass is 302 g/mol. The van der Waals surface area contributed by atoms with E-state index in [0.717, 1.165) is 12.8 Å². The number of hydrogen-bond donors (Lipinski definition) is 2. The fraction of sp³-hybridized carbons (Fsp3) is 0.529. The molecule has 1 aromatic carbocycles. The lowest BCUT2D eigenvalue weighted by molar-refractivity contribution is -0.141. The average molecular weight is 302 g/mol. The van der Waals surface area contributed by atoms with Crippen molar-refractivity contribution in [3.63, 3.8) is 0 Å². The van der Waals surface area contributed by atoms with Crippen LogP contribution in [0.3, 0.4) is 0 Å². The standard InChI is InChI=1S/C17H22N2O3/c1-17(8-12-4-2-3-5-13(12)9-17)11-18-16(22)19-7-6-14(10-19)15(20)21/h2-5,14H,6-11H2,1H3,(H,18,22)(H,20,21). The molecule has 22 heavy (non-hydrogen) atoms. The van der Waals surface area contributed by atoms with E-state index >= 15 is 0 Å². The van der Waals surface area contributed by atoms with Crippen molar-refractivity contribution >= 4 is 12.0 Å². The number of carbonyl (C=O) groups is 2. The van der Waals surface area contributed by atoms with Gasteiger partial charge in [0, 0.05) is 19.6 Å². The van der Waals surface area contributed by atoms with E-state index in [2.05, 4.69) is 36.5 Å². The van der Waals surface area contributed by atoms with Gasteiger partial charge in [0.25, 0.3) is 0 Å². The molecule has 0 spiro atoms. The SMILES string of the molecule is CC1(CNC(=O)N2CCC(C(=O)O)C2)Cc2ccccc2C1. The first-order valence-electron chi connectivity index (χ1n) is 7.79. The number of fused-ring (bicyclic) bond motifs is 1. The molecule has 1 fully saturated rings. The molecule has 0 saturated carbocycles. The van der Waals surface area contributed by atoms with E-state index in [1.54, 1.807) is 4.90 Å². The van der Waals surface area contributed by atoms with Gasteiger partial charge in [0.15, 0.2) is 0 Å². The molecule has 118 valence electrons. The zero-order valence-corrected chi connectivity index (χ0v) is 12.8. The summed E-state index contributed by atoms with van der Waals surface area (Å²) in [7, 11) is 0. The molecule has 1 aliphatic heterocycles. The van der Waals surface area contributed by atoms with Crippen molar-refractivity contribution in [2.75, 3.05) is 19.6 Å². The maximum Gasteiger partial charge on any atom is 0.317 e. The molecule has 5 nitrogen and oxygen atoms in total. The number of carbonyl (C=O) groups excluding carboxylic acids is 1. The summed E-state index contributed by atoms with van der Waals surface area (Å²) in [5, 5.41) is 12.0. The summed E-state index contributed by atoms with van der Waals surface area (Å²) in [6.07, 6.45) is 2.49. The molecular weight excluding hydrogens is 280 g/mol. The molecule has 2 N–H and O–H groups in total. The highest BCUT2D eigenvalue weighted by atomic mass is 16.4. The van der Waals surface area contributed by atoms with Crippen LogP contribution in [-0.2, 0) is 17.6 Å². The number of hydrogen-bond acceptors (Lipinski definition) is 2. The highest BCUT2D eigenvalue weighted by molar-refractivity contribution is 5.77. The van der Waals surface area contributed by atoms with Gasteiger partial charge in [0.2, 0.25) is 0 Å². The number of nitrogens with zero attached hydrogens (tertiary/aromatic N) is 1. The van der Waals surface area contributed by atoms with E-state index in [1.165, 1.54) is 11.1 Å². The summed E-state index contributed by atoms with van der Waals surface area (Å²) in [5.74, 6) is -1.23. The summed E-state index contributed by atoms with van der Waals surface area (Å²) in [6.45, 7) is 3.66. The lowest BCUT2D eigenvalue weighted by Gasteiger charge is -2.26. The van der Waals surface area contributed by atoms with Gasteiger partial charge in [-0.05, 0) is 35.8 Å². The molecule has 1 saturated heterocycles. The van der Waals surface area contributed by atoms with Crippen molar-refractivity contribution in [2.24, 2.45) is 11.3 Å². The summed E-state index contributed by atoms with van der Waals surface area (Å²) in [5.41, 5.74) is 2.78. The van der Waals surface area contributed by atoms with Gasteiger partial charge in [-0.15, -0.1) is 0 Å². The largest absolute Gasteiger partial charge is 0.481 e. The second-order valence-electron chi connectivity index (χ2n) is 6.86. The van der Waals surface area contributed by atoms with E-state index in [0.29, 0.717) is 26.1 Å². The Kier molecular flexibility index (Phi) is 3.81. The zero-order valence-electron chi connectivity index (χ0n) is 12.8. The second kappa shape index (κ2) is 5.63. The van der Waals surface area contributed by atoms with Crippen molar-refractivity contribution in [3.05, 3.63) is 35.4 Å². The molecule has 1 aromatic rings. The molecule has 0 radical (unpaired) electrons. The number of carboxylic acid groups (broad SMARTS) is 1. The minimum atomic E-state index is -0.812. The summed E-state index contributed by atoms with van der Waals surface area (Å²) < 4.78 is 0. The molecule has 2 aliphatic rings. The van der Waals surface area contributed by atoms with Gasteiger partial charge >= 0.3 is 12.0 Å². The first kappa shape index (κ1) is 14.9. The number of nitrogens with one attached hydrogen (secondary N) is 1. The van der Waals surface area contributed by atoms with Crippen molar-refractivity contribution < 1.29 is 14.7 Å². The fourth-order valence-corrected chi connectivity index (χ4v) is 3.56. The predicted molar refractivity (Wildman–Crippen MR) is 82.7 cm³/mol. The fourth-order valence-electron chi connectivity index (χ4n) is 3.56. The van der Waals surface area contributed by atoms with E-state index < -0.39 is 11.9 Å². The number of urea groups is 1. The Morgan fingerprint density at radius 1 is 1.32 bits per heavy atom. The normalized spacial score (nSPS) is 22.4. The molecular formula is C17H22N2O3. The molecule has 3 rings (SSSR count). The van der Waals surface area contributed by atoms with Crippen LogP contribution in [-0.4, -0.2) is 41.6 Å². The van der Waals surface area contributed by atoms with Gasteiger partial charge in [-0.25, -0.2) is 4.79 Å². The first-order chi connectivity index (χ1) is 10.5. The molecule has 5 heteroatoms. The minimum absolute atomic E-state index is 0.0469. The third-order valence-corrected chi connectivity index (χ3v) is 4.84. The lowest BCUT2D eigenvalue weighted by atomic mass is 9.87. The summed E-state index contributed by atoms with van der Waals surface area (Å²) >= 11 is 0. The smallest absolute Gasteiger partial charge is 0.317 e. The Balaban J connectivity index is 1.53. The summed E-state index contributed by atoms with van der Waals surface area (Å²) in [4.78, 5) is 24.8. The summed E-state index contributed by atoms with van der Waals surface area (Å²) in [6, 6.07) is 8.28. The first-order valence-corrected chi connectivity index (χ1v) is 7.79. The minimum Gasteiger partial charge on any atom is -0.481 e. The third-order valence-electron chi connectivity index (χ3n) is 4.84. The van der Waals surface area contributed by atoms with Crippen LogP contribution in [0.1, 0.15) is 24.5 Å². The lowest BCUT2D eigenvalue weighted by Crippen LogP contribution is -2.43. The van der Waals surface area contributed by atoms with E-state index in [9.17, 15) is 9.59 Å². The molecule has 1 unspecified atom stereocenters. The van der Waals surface area contributed by atoms with E-state index in [1.807, 2.05) is 0 Å². The van der Waals surface area contributed by atoms with Crippen molar-refractivity contribution in [1.29, 1.82) is 0 Å². The Bertz CT molecular complexity index is 574. The van der Waals surface area contributed by atoms with Gasteiger partial charge in [0.05, 0.1) is 5.92 Å².